The maximum Gasteiger partial charge on any atom is 0.139 e. The van der Waals surface area contributed by atoms with E-state index in [0.717, 1.165) is 30.7 Å². The van der Waals surface area contributed by atoms with Gasteiger partial charge in [0, 0.05) is 17.9 Å². The fourth-order valence-electron chi connectivity index (χ4n) is 7.33. The molecule has 3 heteroatoms. The summed E-state index contributed by atoms with van der Waals surface area (Å²) in [6.07, 6.45) is 12.3. The van der Waals surface area contributed by atoms with E-state index < -0.39 is 0 Å². The third-order valence-electron chi connectivity index (χ3n) is 7.92. The first-order chi connectivity index (χ1) is 12.8. The maximum atomic E-state index is 4.89. The highest BCUT2D eigenvalue weighted by Gasteiger charge is 2.54. The van der Waals surface area contributed by atoms with Gasteiger partial charge in [-0.05, 0) is 81.1 Å². The molecular formula is C23H29N3. The average Bonchev–Trinajstić information content (AvgIpc) is 3.07. The molecule has 0 radical (unpaired) electrons. The lowest BCUT2D eigenvalue weighted by atomic mass is 9.49. The van der Waals surface area contributed by atoms with Gasteiger partial charge in [0.05, 0.1) is 0 Å². The molecule has 4 fully saturated rings. The first kappa shape index (κ1) is 15.4. The fraction of sp³-hybridized carbons (Fsp3) is 0.652. The summed E-state index contributed by atoms with van der Waals surface area (Å²) >= 11 is 0. The first-order valence-electron chi connectivity index (χ1n) is 10.8. The van der Waals surface area contributed by atoms with Gasteiger partial charge in [0.1, 0.15) is 11.6 Å². The third-order valence-corrected chi connectivity index (χ3v) is 7.92. The van der Waals surface area contributed by atoms with E-state index in [1.54, 1.807) is 0 Å². The van der Waals surface area contributed by atoms with Crippen molar-refractivity contribution in [3.05, 3.63) is 47.5 Å². The summed E-state index contributed by atoms with van der Waals surface area (Å²) in [5, 5.41) is 9.70. The SMILES string of the molecule is c1ccc(CC2CCCn3c2nnc3C23CC4CC(CC(C4)C2)C3)cc1. The van der Waals surface area contributed by atoms with E-state index in [9.17, 15) is 0 Å². The van der Waals surface area contributed by atoms with E-state index in [1.165, 1.54) is 68.6 Å². The van der Waals surface area contributed by atoms with Crippen LogP contribution in [-0.4, -0.2) is 14.8 Å². The lowest BCUT2D eigenvalue weighted by Crippen LogP contribution is -2.50. The van der Waals surface area contributed by atoms with Crippen molar-refractivity contribution >= 4 is 0 Å². The quantitative estimate of drug-likeness (QED) is 0.793. The Kier molecular flexibility index (Phi) is 3.37. The minimum absolute atomic E-state index is 0.370. The minimum atomic E-state index is 0.370. The summed E-state index contributed by atoms with van der Waals surface area (Å²) in [6.45, 7) is 1.14. The molecule has 7 rings (SSSR count). The van der Waals surface area contributed by atoms with Gasteiger partial charge in [0.2, 0.25) is 0 Å². The average molecular weight is 348 g/mol. The van der Waals surface area contributed by atoms with Gasteiger partial charge in [-0.1, -0.05) is 30.3 Å². The molecule has 1 aliphatic heterocycles. The van der Waals surface area contributed by atoms with Gasteiger partial charge in [-0.15, -0.1) is 10.2 Å². The Labute approximate surface area is 156 Å². The molecular weight excluding hydrogens is 318 g/mol. The topological polar surface area (TPSA) is 30.7 Å². The fourth-order valence-corrected chi connectivity index (χ4v) is 7.33. The van der Waals surface area contributed by atoms with Crippen molar-refractivity contribution in [1.82, 2.24) is 14.8 Å². The van der Waals surface area contributed by atoms with E-state index >= 15 is 0 Å². The van der Waals surface area contributed by atoms with E-state index in [2.05, 4.69) is 34.9 Å². The lowest BCUT2D eigenvalue weighted by molar-refractivity contribution is -0.0114. The third kappa shape index (κ3) is 2.32. The molecule has 5 aliphatic rings. The summed E-state index contributed by atoms with van der Waals surface area (Å²) in [6, 6.07) is 10.9. The number of hydrogen-bond acceptors (Lipinski definition) is 2. The van der Waals surface area contributed by atoms with Crippen LogP contribution in [0.5, 0.6) is 0 Å². The predicted octanol–water partition coefficient (Wildman–Crippen LogP) is 4.87. The van der Waals surface area contributed by atoms with Crippen molar-refractivity contribution in [1.29, 1.82) is 0 Å². The molecule has 1 atom stereocenters. The Morgan fingerprint density at radius 3 is 2.31 bits per heavy atom. The Morgan fingerprint density at radius 1 is 0.923 bits per heavy atom. The van der Waals surface area contributed by atoms with Gasteiger partial charge in [0.25, 0.3) is 0 Å². The number of nitrogens with zero attached hydrogens (tertiary/aromatic N) is 3. The minimum Gasteiger partial charge on any atom is -0.314 e. The van der Waals surface area contributed by atoms with E-state index in [4.69, 9.17) is 10.2 Å². The van der Waals surface area contributed by atoms with Crippen molar-refractivity contribution in [2.75, 3.05) is 0 Å². The Bertz CT molecular complexity index is 771. The van der Waals surface area contributed by atoms with Crippen LogP contribution < -0.4 is 0 Å². The van der Waals surface area contributed by atoms with E-state index in [0.29, 0.717) is 11.3 Å². The van der Waals surface area contributed by atoms with Crippen LogP contribution in [0.15, 0.2) is 30.3 Å². The molecule has 0 N–H and O–H groups in total. The van der Waals surface area contributed by atoms with Gasteiger partial charge >= 0.3 is 0 Å². The summed E-state index contributed by atoms with van der Waals surface area (Å²) in [4.78, 5) is 0. The van der Waals surface area contributed by atoms with Crippen LogP contribution in [-0.2, 0) is 18.4 Å². The zero-order chi connectivity index (χ0) is 17.1. The molecule has 4 bridgehead atoms. The van der Waals surface area contributed by atoms with Crippen molar-refractivity contribution in [3.63, 3.8) is 0 Å². The number of fused-ring (bicyclic) bond motifs is 1. The molecule has 0 amide bonds. The second-order valence-corrected chi connectivity index (χ2v) is 9.76. The molecule has 1 aromatic heterocycles. The molecule has 2 heterocycles. The summed E-state index contributed by atoms with van der Waals surface area (Å²) in [5.74, 6) is 6.12. The van der Waals surface area contributed by atoms with E-state index in [1.807, 2.05) is 0 Å². The van der Waals surface area contributed by atoms with Crippen LogP contribution >= 0.6 is 0 Å². The molecule has 1 unspecified atom stereocenters. The van der Waals surface area contributed by atoms with Gasteiger partial charge in [-0.3, -0.25) is 0 Å². The largest absolute Gasteiger partial charge is 0.314 e. The number of aromatic nitrogens is 3. The van der Waals surface area contributed by atoms with Crippen LogP contribution in [0.25, 0.3) is 0 Å². The van der Waals surface area contributed by atoms with Crippen LogP contribution in [0.2, 0.25) is 0 Å². The molecule has 4 aliphatic carbocycles. The van der Waals surface area contributed by atoms with E-state index in [-0.39, 0.29) is 0 Å². The molecule has 26 heavy (non-hydrogen) atoms. The molecule has 136 valence electrons. The predicted molar refractivity (Wildman–Crippen MR) is 102 cm³/mol. The zero-order valence-electron chi connectivity index (χ0n) is 15.6. The number of benzene rings is 1. The normalized spacial score (nSPS) is 37.7. The van der Waals surface area contributed by atoms with Crippen molar-refractivity contribution in [2.24, 2.45) is 17.8 Å². The zero-order valence-corrected chi connectivity index (χ0v) is 15.6. The molecule has 0 saturated heterocycles. The highest BCUT2D eigenvalue weighted by molar-refractivity contribution is 5.23. The summed E-state index contributed by atoms with van der Waals surface area (Å²) < 4.78 is 2.57. The Balaban J connectivity index is 1.35. The summed E-state index contributed by atoms with van der Waals surface area (Å²) in [7, 11) is 0. The number of hydrogen-bond donors (Lipinski definition) is 0. The molecule has 0 spiro atoms. The smallest absolute Gasteiger partial charge is 0.139 e. The summed E-state index contributed by atoms with van der Waals surface area (Å²) in [5.41, 5.74) is 1.81. The standard InChI is InChI=1S/C23H29N3/c1-2-5-16(6-3-1)12-20-7-4-8-26-21(20)24-25-22(26)23-13-17-9-18(14-23)11-19(10-17)15-23/h1-3,5-6,17-20H,4,7-15H2. The second-order valence-electron chi connectivity index (χ2n) is 9.76. The van der Waals surface area contributed by atoms with Gasteiger partial charge in [-0.25, -0.2) is 0 Å². The highest BCUT2D eigenvalue weighted by Crippen LogP contribution is 2.60. The molecule has 4 saturated carbocycles. The maximum absolute atomic E-state index is 4.89. The van der Waals surface area contributed by atoms with Crippen LogP contribution in [0.1, 0.15) is 74.5 Å². The van der Waals surface area contributed by atoms with Gasteiger partial charge < -0.3 is 4.57 Å². The van der Waals surface area contributed by atoms with Crippen molar-refractivity contribution < 1.29 is 0 Å². The number of rotatable bonds is 3. The first-order valence-corrected chi connectivity index (χ1v) is 10.8. The monoisotopic (exact) mass is 347 g/mol. The lowest BCUT2D eigenvalue weighted by Gasteiger charge is -2.56. The molecule has 2 aromatic rings. The highest BCUT2D eigenvalue weighted by atomic mass is 15.3. The van der Waals surface area contributed by atoms with Gasteiger partial charge in [-0.2, -0.15) is 0 Å². The second kappa shape index (κ2) is 5.68. The van der Waals surface area contributed by atoms with Crippen LogP contribution in [0.4, 0.5) is 0 Å². The van der Waals surface area contributed by atoms with Crippen molar-refractivity contribution in [2.45, 2.75) is 75.7 Å². The Morgan fingerprint density at radius 2 is 1.62 bits per heavy atom. The van der Waals surface area contributed by atoms with Crippen molar-refractivity contribution in [3.8, 4) is 0 Å². The van der Waals surface area contributed by atoms with Crippen LogP contribution in [0.3, 0.4) is 0 Å². The van der Waals surface area contributed by atoms with Gasteiger partial charge in [0.15, 0.2) is 0 Å². The Hall–Kier alpha value is -1.64. The molecule has 1 aromatic carbocycles. The van der Waals surface area contributed by atoms with Crippen LogP contribution in [0, 0.1) is 17.8 Å². The molecule has 3 nitrogen and oxygen atoms in total.